The van der Waals surface area contributed by atoms with Gasteiger partial charge in [0.05, 0.1) is 7.11 Å². The van der Waals surface area contributed by atoms with Gasteiger partial charge in [0.1, 0.15) is 12.7 Å². The normalized spacial score (nSPS) is 16.5. The van der Waals surface area contributed by atoms with Crippen molar-refractivity contribution in [2.24, 2.45) is 0 Å². The number of methoxy groups -OCH3 is 1. The molecule has 2 aromatic carbocycles. The molecule has 6 heteroatoms. The number of hydrogen-bond acceptors (Lipinski definition) is 6. The summed E-state index contributed by atoms with van der Waals surface area (Å²) in [5, 5.41) is 13.8. The first-order valence-corrected chi connectivity index (χ1v) is 10.3. The SMILES string of the molecule is COc1ccc(CNCc2ccccc2)cc1OCC(O)CN1CCN(C)CC1. The van der Waals surface area contributed by atoms with E-state index < -0.39 is 6.10 Å². The fourth-order valence-electron chi connectivity index (χ4n) is 3.46. The molecule has 3 rings (SSSR count). The van der Waals surface area contributed by atoms with Crippen LogP contribution in [0.3, 0.4) is 0 Å². The summed E-state index contributed by atoms with van der Waals surface area (Å²) in [7, 11) is 3.76. The summed E-state index contributed by atoms with van der Waals surface area (Å²) in [6.45, 7) is 6.49. The summed E-state index contributed by atoms with van der Waals surface area (Å²) >= 11 is 0. The molecule has 0 radical (unpaired) electrons. The molecule has 2 N–H and O–H groups in total. The lowest BCUT2D eigenvalue weighted by molar-refractivity contribution is 0.0498. The lowest BCUT2D eigenvalue weighted by Gasteiger charge is -2.33. The van der Waals surface area contributed by atoms with Gasteiger partial charge in [-0.3, -0.25) is 4.90 Å². The third-order valence-electron chi connectivity index (χ3n) is 5.23. The minimum absolute atomic E-state index is 0.254. The second-order valence-corrected chi connectivity index (χ2v) is 7.64. The maximum Gasteiger partial charge on any atom is 0.161 e. The first kappa shape index (κ1) is 21.6. The van der Waals surface area contributed by atoms with E-state index >= 15 is 0 Å². The van der Waals surface area contributed by atoms with Crippen molar-refractivity contribution in [1.29, 1.82) is 0 Å². The first-order valence-electron chi connectivity index (χ1n) is 10.3. The van der Waals surface area contributed by atoms with E-state index in [-0.39, 0.29) is 6.61 Å². The highest BCUT2D eigenvalue weighted by atomic mass is 16.5. The Bertz CT molecular complexity index is 733. The zero-order valence-electron chi connectivity index (χ0n) is 17.5. The van der Waals surface area contributed by atoms with Gasteiger partial charge in [0.25, 0.3) is 0 Å². The van der Waals surface area contributed by atoms with E-state index in [4.69, 9.17) is 9.47 Å². The molecular formula is C23H33N3O3. The molecule has 6 nitrogen and oxygen atoms in total. The molecule has 1 fully saturated rings. The predicted octanol–water partition coefficient (Wildman–Crippen LogP) is 1.97. The summed E-state index contributed by atoms with van der Waals surface area (Å²) < 4.78 is 11.3. The molecule has 1 aliphatic rings. The van der Waals surface area contributed by atoms with Crippen LogP contribution in [0.25, 0.3) is 0 Å². The Labute approximate surface area is 174 Å². The van der Waals surface area contributed by atoms with Crippen molar-refractivity contribution in [3.05, 3.63) is 59.7 Å². The van der Waals surface area contributed by atoms with Crippen molar-refractivity contribution in [1.82, 2.24) is 15.1 Å². The number of aliphatic hydroxyl groups is 1. The summed E-state index contributed by atoms with van der Waals surface area (Å²) in [5.74, 6) is 1.35. The van der Waals surface area contributed by atoms with Crippen LogP contribution in [0.15, 0.2) is 48.5 Å². The summed E-state index contributed by atoms with van der Waals surface area (Å²) in [5.41, 5.74) is 2.37. The van der Waals surface area contributed by atoms with Crippen LogP contribution in [0.4, 0.5) is 0 Å². The summed E-state index contributed by atoms with van der Waals surface area (Å²) in [6.07, 6.45) is -0.525. The molecule has 1 saturated heterocycles. The van der Waals surface area contributed by atoms with Crippen molar-refractivity contribution in [2.45, 2.75) is 19.2 Å². The van der Waals surface area contributed by atoms with E-state index in [9.17, 15) is 5.11 Å². The number of nitrogens with one attached hydrogen (secondary N) is 1. The molecule has 1 aliphatic heterocycles. The lowest BCUT2D eigenvalue weighted by atomic mass is 10.2. The maximum absolute atomic E-state index is 10.4. The van der Waals surface area contributed by atoms with E-state index in [2.05, 4.69) is 34.3 Å². The third kappa shape index (κ3) is 7.01. The molecule has 1 atom stereocenters. The van der Waals surface area contributed by atoms with Gasteiger partial charge in [-0.2, -0.15) is 0 Å². The molecule has 158 valence electrons. The molecule has 29 heavy (non-hydrogen) atoms. The van der Waals surface area contributed by atoms with Crippen LogP contribution in [-0.2, 0) is 13.1 Å². The highest BCUT2D eigenvalue weighted by Gasteiger charge is 2.18. The minimum atomic E-state index is -0.525. The predicted molar refractivity (Wildman–Crippen MR) is 115 cm³/mol. The summed E-state index contributed by atoms with van der Waals surface area (Å²) in [6, 6.07) is 16.3. The van der Waals surface area contributed by atoms with Crippen LogP contribution in [0.2, 0.25) is 0 Å². The molecule has 0 saturated carbocycles. The molecule has 0 aliphatic carbocycles. The minimum Gasteiger partial charge on any atom is -0.493 e. The van der Waals surface area contributed by atoms with Crippen molar-refractivity contribution < 1.29 is 14.6 Å². The number of rotatable bonds is 10. The zero-order chi connectivity index (χ0) is 20.5. The second kappa shape index (κ2) is 11.2. The Morgan fingerprint density at radius 1 is 0.966 bits per heavy atom. The number of hydrogen-bond donors (Lipinski definition) is 2. The number of nitrogens with zero attached hydrogens (tertiary/aromatic N) is 2. The Morgan fingerprint density at radius 2 is 1.69 bits per heavy atom. The van der Waals surface area contributed by atoms with Gasteiger partial charge in [-0.05, 0) is 30.3 Å². The van der Waals surface area contributed by atoms with Crippen LogP contribution in [0, 0.1) is 0 Å². The van der Waals surface area contributed by atoms with Crippen LogP contribution >= 0.6 is 0 Å². The van der Waals surface area contributed by atoms with Crippen molar-refractivity contribution in [2.75, 3.05) is 53.5 Å². The van der Waals surface area contributed by atoms with E-state index in [1.54, 1.807) is 7.11 Å². The first-order chi connectivity index (χ1) is 14.1. The zero-order valence-corrected chi connectivity index (χ0v) is 17.5. The monoisotopic (exact) mass is 399 g/mol. The number of aliphatic hydroxyl groups excluding tert-OH is 1. The average Bonchev–Trinajstić information content (AvgIpc) is 2.75. The number of benzene rings is 2. The lowest BCUT2D eigenvalue weighted by Crippen LogP contribution is -2.47. The molecule has 1 unspecified atom stereocenters. The Balaban J connectivity index is 1.49. The smallest absolute Gasteiger partial charge is 0.161 e. The topological polar surface area (TPSA) is 57.2 Å². The number of piperazine rings is 1. The maximum atomic E-state index is 10.4. The van der Waals surface area contributed by atoms with Gasteiger partial charge >= 0.3 is 0 Å². The molecular weight excluding hydrogens is 366 g/mol. The highest BCUT2D eigenvalue weighted by molar-refractivity contribution is 5.43. The Hall–Kier alpha value is -2.12. The van der Waals surface area contributed by atoms with Gasteiger partial charge in [0.15, 0.2) is 11.5 Å². The molecule has 1 heterocycles. The van der Waals surface area contributed by atoms with Crippen LogP contribution < -0.4 is 14.8 Å². The van der Waals surface area contributed by atoms with E-state index in [1.807, 2.05) is 36.4 Å². The van der Waals surface area contributed by atoms with Crippen LogP contribution in [0.1, 0.15) is 11.1 Å². The highest BCUT2D eigenvalue weighted by Crippen LogP contribution is 2.28. The fourth-order valence-corrected chi connectivity index (χ4v) is 3.46. The van der Waals surface area contributed by atoms with Gasteiger partial charge in [0.2, 0.25) is 0 Å². The summed E-state index contributed by atoms with van der Waals surface area (Å²) in [4.78, 5) is 4.59. The van der Waals surface area contributed by atoms with Crippen LogP contribution in [0.5, 0.6) is 11.5 Å². The average molecular weight is 400 g/mol. The Morgan fingerprint density at radius 3 is 2.41 bits per heavy atom. The Kier molecular flexibility index (Phi) is 8.31. The van der Waals surface area contributed by atoms with E-state index in [1.165, 1.54) is 5.56 Å². The molecule has 0 bridgehead atoms. The largest absolute Gasteiger partial charge is 0.493 e. The fraction of sp³-hybridized carbons (Fsp3) is 0.478. The van der Waals surface area contributed by atoms with Crippen molar-refractivity contribution in [3.63, 3.8) is 0 Å². The van der Waals surface area contributed by atoms with Gasteiger partial charge in [-0.15, -0.1) is 0 Å². The third-order valence-corrected chi connectivity index (χ3v) is 5.23. The molecule has 0 aromatic heterocycles. The van der Waals surface area contributed by atoms with E-state index in [0.29, 0.717) is 18.0 Å². The van der Waals surface area contributed by atoms with Gasteiger partial charge < -0.3 is 24.8 Å². The van der Waals surface area contributed by atoms with Gasteiger partial charge in [-0.1, -0.05) is 36.4 Å². The van der Waals surface area contributed by atoms with E-state index in [0.717, 1.165) is 44.8 Å². The van der Waals surface area contributed by atoms with Crippen molar-refractivity contribution >= 4 is 0 Å². The second-order valence-electron chi connectivity index (χ2n) is 7.64. The number of ether oxygens (including phenoxy) is 2. The van der Waals surface area contributed by atoms with Gasteiger partial charge in [-0.25, -0.2) is 0 Å². The molecule has 0 spiro atoms. The standard InChI is InChI=1S/C23H33N3O3/c1-25-10-12-26(13-11-25)17-21(27)18-29-23-14-20(8-9-22(23)28-2)16-24-15-19-6-4-3-5-7-19/h3-9,14,21,24,27H,10-13,15-18H2,1-2H3. The molecule has 2 aromatic rings. The number of likely N-dealkylation sites (N-methyl/N-ethyl adjacent to an activating group) is 1. The van der Waals surface area contributed by atoms with Crippen molar-refractivity contribution in [3.8, 4) is 11.5 Å². The number of β-amino-alcohol motifs (C(OH)–C–C–N with tert-alkyl or cyclic N) is 1. The molecule has 0 amide bonds. The van der Waals surface area contributed by atoms with Crippen LogP contribution in [-0.4, -0.2) is 74.5 Å². The van der Waals surface area contributed by atoms with Gasteiger partial charge in [0, 0.05) is 45.8 Å². The quantitative estimate of drug-likeness (QED) is 0.637.